The molecule has 0 aliphatic rings. The molecule has 0 radical (unpaired) electrons. The molecule has 2 heteroatoms. The molecule has 0 unspecified atom stereocenters. The summed E-state index contributed by atoms with van der Waals surface area (Å²) in [5.41, 5.74) is 0.836. The predicted molar refractivity (Wildman–Crippen MR) is 96.7 cm³/mol. The van der Waals surface area contributed by atoms with Crippen molar-refractivity contribution < 1.29 is 9.53 Å². The summed E-state index contributed by atoms with van der Waals surface area (Å²) < 4.78 is 5.72. The van der Waals surface area contributed by atoms with Crippen molar-refractivity contribution in [2.75, 3.05) is 6.61 Å². The van der Waals surface area contributed by atoms with Crippen LogP contribution in [0.2, 0.25) is 0 Å². The molecule has 0 heterocycles. The summed E-state index contributed by atoms with van der Waals surface area (Å²) in [6, 6.07) is 7.57. The van der Waals surface area contributed by atoms with Gasteiger partial charge in [0.15, 0.2) is 6.29 Å². The second-order valence-electron chi connectivity index (χ2n) is 5.94. The zero-order valence-corrected chi connectivity index (χ0v) is 14.5. The quantitative estimate of drug-likeness (QED) is 0.288. The number of carbonyl (C=O) groups is 1. The number of hydrogen-bond donors (Lipinski definition) is 0. The summed E-state index contributed by atoms with van der Waals surface area (Å²) >= 11 is 0. The Bertz CT molecular complexity index is 465. The standard InChI is InChI=1S/C21H30O2/c1-2-3-4-5-6-7-8-9-10-11-19-23-21-16-14-20(15-17-21)13-12-18-22/h14-18H,2-11,19H2,1H3. The third-order valence-electron chi connectivity index (χ3n) is 3.90. The first kappa shape index (κ1) is 19.3. The number of carbonyl (C=O) groups excluding carboxylic acids is 1. The van der Waals surface area contributed by atoms with Crippen molar-refractivity contribution in [1.29, 1.82) is 0 Å². The van der Waals surface area contributed by atoms with Crippen LogP contribution in [-0.2, 0) is 4.79 Å². The van der Waals surface area contributed by atoms with Gasteiger partial charge in [-0.1, -0.05) is 70.6 Å². The lowest BCUT2D eigenvalue weighted by atomic mass is 10.1. The molecular weight excluding hydrogens is 284 g/mol. The van der Waals surface area contributed by atoms with Crippen LogP contribution in [0, 0.1) is 11.8 Å². The average molecular weight is 314 g/mol. The van der Waals surface area contributed by atoms with E-state index >= 15 is 0 Å². The molecule has 0 saturated heterocycles. The number of aldehydes is 1. The first-order valence-electron chi connectivity index (χ1n) is 9.05. The fourth-order valence-electron chi connectivity index (χ4n) is 2.53. The normalized spacial score (nSPS) is 9.96. The van der Waals surface area contributed by atoms with Gasteiger partial charge in [0.2, 0.25) is 0 Å². The molecule has 0 atom stereocenters. The molecule has 2 nitrogen and oxygen atoms in total. The van der Waals surface area contributed by atoms with E-state index < -0.39 is 0 Å². The van der Waals surface area contributed by atoms with Crippen molar-refractivity contribution in [3.63, 3.8) is 0 Å². The van der Waals surface area contributed by atoms with Gasteiger partial charge in [0.25, 0.3) is 0 Å². The fraction of sp³-hybridized carbons (Fsp3) is 0.571. The van der Waals surface area contributed by atoms with Crippen LogP contribution in [0.3, 0.4) is 0 Å². The van der Waals surface area contributed by atoms with Gasteiger partial charge in [0.1, 0.15) is 5.75 Å². The van der Waals surface area contributed by atoms with Gasteiger partial charge in [-0.05, 0) is 36.6 Å². The number of hydrogen-bond acceptors (Lipinski definition) is 2. The highest BCUT2D eigenvalue weighted by atomic mass is 16.5. The van der Waals surface area contributed by atoms with Gasteiger partial charge in [-0.15, -0.1) is 0 Å². The molecule has 23 heavy (non-hydrogen) atoms. The van der Waals surface area contributed by atoms with Gasteiger partial charge >= 0.3 is 0 Å². The van der Waals surface area contributed by atoms with Crippen LogP contribution in [0.15, 0.2) is 24.3 Å². The summed E-state index contributed by atoms with van der Waals surface area (Å²) in [7, 11) is 0. The lowest BCUT2D eigenvalue weighted by molar-refractivity contribution is -0.103. The lowest BCUT2D eigenvalue weighted by Gasteiger charge is -2.06. The predicted octanol–water partition coefficient (Wildman–Crippen LogP) is 5.54. The Morgan fingerprint density at radius 2 is 1.43 bits per heavy atom. The summed E-state index contributed by atoms with van der Waals surface area (Å²) in [4.78, 5) is 10.2. The van der Waals surface area contributed by atoms with E-state index in [9.17, 15) is 4.79 Å². The van der Waals surface area contributed by atoms with Crippen molar-refractivity contribution in [2.24, 2.45) is 0 Å². The van der Waals surface area contributed by atoms with Crippen LogP contribution in [0.25, 0.3) is 0 Å². The maximum Gasteiger partial charge on any atom is 0.193 e. The minimum absolute atomic E-state index is 0.607. The number of ether oxygens (including phenoxy) is 1. The van der Waals surface area contributed by atoms with Gasteiger partial charge in [-0.3, -0.25) is 4.79 Å². The molecule has 0 N–H and O–H groups in total. The molecule has 0 aliphatic carbocycles. The minimum Gasteiger partial charge on any atom is -0.494 e. The summed E-state index contributed by atoms with van der Waals surface area (Å²) in [5.74, 6) is 6.04. The minimum atomic E-state index is 0.607. The Hall–Kier alpha value is -1.75. The van der Waals surface area contributed by atoms with Gasteiger partial charge in [-0.2, -0.15) is 0 Å². The Morgan fingerprint density at radius 1 is 0.870 bits per heavy atom. The van der Waals surface area contributed by atoms with Crippen LogP contribution in [-0.4, -0.2) is 12.9 Å². The molecule has 1 aromatic rings. The molecule has 0 aliphatic heterocycles. The zero-order valence-electron chi connectivity index (χ0n) is 14.5. The topological polar surface area (TPSA) is 26.3 Å². The molecule has 0 fully saturated rings. The third-order valence-corrected chi connectivity index (χ3v) is 3.90. The van der Waals surface area contributed by atoms with E-state index in [1.54, 1.807) is 0 Å². The second-order valence-corrected chi connectivity index (χ2v) is 5.94. The average Bonchev–Trinajstić information content (AvgIpc) is 2.59. The maximum absolute atomic E-state index is 10.2. The van der Waals surface area contributed by atoms with Crippen molar-refractivity contribution in [3.05, 3.63) is 29.8 Å². The number of rotatable bonds is 12. The largest absolute Gasteiger partial charge is 0.494 e. The van der Waals surface area contributed by atoms with E-state index in [0.717, 1.165) is 24.3 Å². The van der Waals surface area contributed by atoms with E-state index in [1.165, 1.54) is 57.8 Å². The van der Waals surface area contributed by atoms with Gasteiger partial charge in [-0.25, -0.2) is 0 Å². The molecular formula is C21H30O2. The number of unbranched alkanes of at least 4 members (excludes halogenated alkanes) is 9. The summed E-state index contributed by atoms with van der Waals surface area (Å²) in [6.07, 6.45) is 14.0. The van der Waals surface area contributed by atoms with E-state index in [-0.39, 0.29) is 0 Å². The smallest absolute Gasteiger partial charge is 0.193 e. The molecule has 0 spiro atoms. The molecule has 0 saturated carbocycles. The first-order chi connectivity index (χ1) is 11.4. The molecule has 126 valence electrons. The van der Waals surface area contributed by atoms with Crippen molar-refractivity contribution in [2.45, 2.75) is 71.1 Å². The van der Waals surface area contributed by atoms with Crippen molar-refractivity contribution in [3.8, 4) is 17.6 Å². The third kappa shape index (κ3) is 10.6. The van der Waals surface area contributed by atoms with Crippen LogP contribution in [0.1, 0.15) is 76.7 Å². The van der Waals surface area contributed by atoms with Crippen molar-refractivity contribution in [1.82, 2.24) is 0 Å². The monoisotopic (exact) mass is 314 g/mol. The zero-order chi connectivity index (χ0) is 16.6. The summed E-state index contributed by atoms with van der Waals surface area (Å²) in [5, 5.41) is 0. The summed E-state index contributed by atoms with van der Waals surface area (Å²) in [6.45, 7) is 3.04. The van der Waals surface area contributed by atoms with E-state index in [2.05, 4.69) is 18.8 Å². The molecule has 0 aromatic heterocycles. The molecule has 1 rings (SSSR count). The van der Waals surface area contributed by atoms with Crippen LogP contribution in [0.5, 0.6) is 5.75 Å². The van der Waals surface area contributed by atoms with E-state index in [1.807, 2.05) is 24.3 Å². The Labute approximate surface area is 141 Å². The Balaban J connectivity index is 1.97. The van der Waals surface area contributed by atoms with Gasteiger partial charge < -0.3 is 4.74 Å². The molecule has 0 bridgehead atoms. The van der Waals surface area contributed by atoms with E-state index in [0.29, 0.717) is 6.29 Å². The highest BCUT2D eigenvalue weighted by molar-refractivity contribution is 5.73. The second kappa shape index (κ2) is 13.9. The van der Waals surface area contributed by atoms with Crippen LogP contribution in [0.4, 0.5) is 0 Å². The Morgan fingerprint density at radius 3 is 2.00 bits per heavy atom. The molecule has 0 amide bonds. The fourth-order valence-corrected chi connectivity index (χ4v) is 2.53. The lowest BCUT2D eigenvalue weighted by Crippen LogP contribution is -1.97. The van der Waals surface area contributed by atoms with Crippen LogP contribution >= 0.6 is 0 Å². The number of benzene rings is 1. The highest BCUT2D eigenvalue weighted by Crippen LogP contribution is 2.13. The first-order valence-corrected chi connectivity index (χ1v) is 9.05. The SMILES string of the molecule is CCCCCCCCCCCCOc1ccc(C#CC=O)cc1. The van der Waals surface area contributed by atoms with E-state index in [4.69, 9.17) is 4.74 Å². The van der Waals surface area contributed by atoms with Gasteiger partial charge in [0, 0.05) is 5.56 Å². The van der Waals surface area contributed by atoms with Gasteiger partial charge in [0.05, 0.1) is 6.61 Å². The van der Waals surface area contributed by atoms with Crippen LogP contribution < -0.4 is 4.74 Å². The Kier molecular flexibility index (Phi) is 11.6. The molecule has 1 aromatic carbocycles. The van der Waals surface area contributed by atoms with Crippen molar-refractivity contribution >= 4 is 6.29 Å². The maximum atomic E-state index is 10.2. The highest BCUT2D eigenvalue weighted by Gasteiger charge is 1.95.